The van der Waals surface area contributed by atoms with Crippen molar-refractivity contribution < 1.29 is 23.5 Å². The number of allylic oxidation sites excluding steroid dienone is 1. The fourth-order valence-electron chi connectivity index (χ4n) is 3.53. The molecule has 0 bridgehead atoms. The van der Waals surface area contributed by atoms with Gasteiger partial charge in [0.15, 0.2) is 14.6 Å². The maximum atomic E-state index is 12.6. The van der Waals surface area contributed by atoms with Gasteiger partial charge in [0.2, 0.25) is 0 Å². The van der Waals surface area contributed by atoms with E-state index in [-0.39, 0.29) is 25.1 Å². The molecular weight excluding hydrogens is 432 g/mol. The van der Waals surface area contributed by atoms with Crippen molar-refractivity contribution in [2.75, 3.05) is 12.9 Å². The Labute approximate surface area is 187 Å². The summed E-state index contributed by atoms with van der Waals surface area (Å²) in [6.07, 6.45) is 7.48. The molecule has 9 heteroatoms. The predicted molar refractivity (Wildman–Crippen MR) is 122 cm³/mol. The number of aliphatic hydroxyl groups excluding tert-OH is 1. The van der Waals surface area contributed by atoms with E-state index in [4.69, 9.17) is 10.3 Å². The number of aliphatic hydroxyl groups is 1. The first-order valence-corrected chi connectivity index (χ1v) is 12.2. The second kappa shape index (κ2) is 9.40. The number of hydrogen-bond donors (Lipinski definition) is 3. The van der Waals surface area contributed by atoms with E-state index in [2.05, 4.69) is 6.08 Å². The van der Waals surface area contributed by atoms with E-state index in [1.165, 1.54) is 23.0 Å². The predicted octanol–water partition coefficient (Wildman–Crippen LogP) is 1.86. The Morgan fingerprint density at radius 1 is 1.25 bits per heavy atom. The number of carbonyl (C=O) groups excluding carboxylic acids is 1. The lowest BCUT2D eigenvalue weighted by Crippen LogP contribution is -2.49. The van der Waals surface area contributed by atoms with Gasteiger partial charge in [-0.05, 0) is 54.4 Å². The molecule has 1 unspecified atom stereocenters. The van der Waals surface area contributed by atoms with Gasteiger partial charge in [0, 0.05) is 31.7 Å². The van der Waals surface area contributed by atoms with E-state index in [1.54, 1.807) is 12.3 Å². The van der Waals surface area contributed by atoms with Crippen LogP contribution in [0.2, 0.25) is 0 Å². The van der Waals surface area contributed by atoms with Crippen LogP contribution >= 0.6 is 0 Å². The van der Waals surface area contributed by atoms with Crippen molar-refractivity contribution in [1.82, 2.24) is 10.0 Å². The monoisotopic (exact) mass is 460 g/mol. The number of hydroxylamine groups is 1. The number of nitrogens with zero attached hydrogens (tertiary/aromatic N) is 1. The van der Waals surface area contributed by atoms with Gasteiger partial charge in [0.05, 0.1) is 0 Å². The average molecular weight is 461 g/mol. The van der Waals surface area contributed by atoms with E-state index >= 15 is 0 Å². The third-order valence-electron chi connectivity index (χ3n) is 6.22. The van der Waals surface area contributed by atoms with Crippen LogP contribution in [-0.4, -0.2) is 46.8 Å². The quantitative estimate of drug-likeness (QED) is 0.387. The maximum Gasteiger partial charge on any atom is 0.264 e. The molecule has 0 spiro atoms. The van der Waals surface area contributed by atoms with Crippen molar-refractivity contribution >= 4 is 21.8 Å². The van der Waals surface area contributed by atoms with Crippen molar-refractivity contribution in [3.8, 4) is 11.1 Å². The molecule has 1 aliphatic rings. The molecule has 3 atom stereocenters. The highest BCUT2D eigenvalue weighted by Crippen LogP contribution is 2.39. The highest BCUT2D eigenvalue weighted by molar-refractivity contribution is 7.92. The number of benzene rings is 1. The summed E-state index contributed by atoms with van der Waals surface area (Å²) >= 11 is 0. The number of sulfone groups is 1. The topological polar surface area (TPSA) is 126 Å². The van der Waals surface area contributed by atoms with Crippen LogP contribution in [0.3, 0.4) is 0 Å². The number of hydrogen-bond acceptors (Lipinski definition) is 6. The molecule has 172 valence electrons. The van der Waals surface area contributed by atoms with Gasteiger partial charge in [0.25, 0.3) is 11.5 Å². The largest absolute Gasteiger partial charge is 0.396 e. The first-order chi connectivity index (χ1) is 15.1. The van der Waals surface area contributed by atoms with Crippen molar-refractivity contribution in [3.05, 3.63) is 64.6 Å². The molecule has 1 saturated carbocycles. The minimum absolute atomic E-state index is 0.00413. The number of carbonyl (C=O) groups is 1. The van der Waals surface area contributed by atoms with Crippen LogP contribution in [0.5, 0.6) is 0 Å². The number of nitrogens with one attached hydrogen (secondary N) is 1. The van der Waals surface area contributed by atoms with Gasteiger partial charge in [-0.1, -0.05) is 36.4 Å². The van der Waals surface area contributed by atoms with E-state index in [1.807, 2.05) is 30.3 Å². The Morgan fingerprint density at radius 3 is 2.47 bits per heavy atom. The number of rotatable bonds is 9. The molecule has 3 rings (SSSR count). The lowest BCUT2D eigenvalue weighted by Gasteiger charge is -2.25. The van der Waals surface area contributed by atoms with E-state index in [9.17, 15) is 18.0 Å². The van der Waals surface area contributed by atoms with Gasteiger partial charge in [0.1, 0.15) is 0 Å². The Kier molecular flexibility index (Phi) is 7.02. The van der Waals surface area contributed by atoms with Crippen molar-refractivity contribution in [2.24, 2.45) is 11.8 Å². The van der Waals surface area contributed by atoms with E-state index in [0.29, 0.717) is 11.8 Å². The molecular formula is C23H28N2O6S. The summed E-state index contributed by atoms with van der Waals surface area (Å²) in [5, 5.41) is 18.0. The standard InChI is InChI=1S/C23H28N2O6S/c1-23(22(28)24-29,32(2,30)31)10-12-25-11-9-19(14-21(25)27)17-6-3-16(4-7-17)5-8-18-13-20(18)15-26/h3-9,11,14,18,20,26,29H,10,12-13,15H2,1-2H3,(H,24,28)/b8-5+/t18-,20-,23?/m0/s1. The lowest BCUT2D eigenvalue weighted by atomic mass is 10.0. The van der Waals surface area contributed by atoms with Crippen LogP contribution in [0.1, 0.15) is 25.3 Å². The normalized spacial score (nSPS) is 20.1. The molecule has 2 aromatic rings. The van der Waals surface area contributed by atoms with Gasteiger partial charge >= 0.3 is 0 Å². The molecule has 3 N–H and O–H groups in total. The molecule has 1 aliphatic carbocycles. The lowest BCUT2D eigenvalue weighted by molar-refractivity contribution is -0.131. The van der Waals surface area contributed by atoms with Crippen LogP contribution in [0.15, 0.2) is 53.5 Å². The molecule has 32 heavy (non-hydrogen) atoms. The first kappa shape index (κ1) is 23.9. The zero-order valence-electron chi connectivity index (χ0n) is 18.1. The molecule has 0 saturated heterocycles. The highest BCUT2D eigenvalue weighted by Gasteiger charge is 2.43. The smallest absolute Gasteiger partial charge is 0.264 e. The second-order valence-electron chi connectivity index (χ2n) is 8.46. The fraction of sp³-hybridized carbons (Fsp3) is 0.391. The summed E-state index contributed by atoms with van der Waals surface area (Å²) < 4.78 is 23.6. The minimum atomic E-state index is -3.83. The van der Waals surface area contributed by atoms with Crippen LogP contribution in [-0.2, 0) is 21.2 Å². The molecule has 1 fully saturated rings. The number of amides is 1. The average Bonchev–Trinajstić information content (AvgIpc) is 3.54. The Hall–Kier alpha value is -2.75. The number of aromatic nitrogens is 1. The third kappa shape index (κ3) is 5.17. The molecule has 1 heterocycles. The Bertz CT molecular complexity index is 1170. The third-order valence-corrected chi connectivity index (χ3v) is 8.24. The Morgan fingerprint density at radius 2 is 1.94 bits per heavy atom. The summed E-state index contributed by atoms with van der Waals surface area (Å²) in [6.45, 7) is 1.44. The second-order valence-corrected chi connectivity index (χ2v) is 10.9. The van der Waals surface area contributed by atoms with Gasteiger partial charge in [-0.15, -0.1) is 0 Å². The van der Waals surface area contributed by atoms with Crippen molar-refractivity contribution in [2.45, 2.75) is 31.1 Å². The summed E-state index contributed by atoms with van der Waals surface area (Å²) in [6, 6.07) is 11.0. The van der Waals surface area contributed by atoms with Gasteiger partial charge in [-0.2, -0.15) is 0 Å². The first-order valence-electron chi connectivity index (χ1n) is 10.3. The number of aryl methyl sites for hydroxylation is 1. The van der Waals surface area contributed by atoms with Crippen LogP contribution in [0.25, 0.3) is 17.2 Å². The molecule has 8 nitrogen and oxygen atoms in total. The minimum Gasteiger partial charge on any atom is -0.396 e. The van der Waals surface area contributed by atoms with Gasteiger partial charge < -0.3 is 9.67 Å². The summed E-state index contributed by atoms with van der Waals surface area (Å²) in [5.74, 6) is -0.210. The van der Waals surface area contributed by atoms with E-state index in [0.717, 1.165) is 29.4 Å². The number of pyridine rings is 1. The summed E-state index contributed by atoms with van der Waals surface area (Å²) in [7, 11) is -3.83. The summed E-state index contributed by atoms with van der Waals surface area (Å²) in [4.78, 5) is 24.5. The SMILES string of the molecule is CC(CCn1ccc(-c2ccc(/C=C/[C@H]3C[C@H]3CO)cc2)cc1=O)(C(=O)NO)S(C)(=O)=O. The van der Waals surface area contributed by atoms with Crippen molar-refractivity contribution in [3.63, 3.8) is 0 Å². The molecule has 1 aromatic heterocycles. The van der Waals surface area contributed by atoms with Crippen molar-refractivity contribution in [1.29, 1.82) is 0 Å². The zero-order valence-corrected chi connectivity index (χ0v) is 18.9. The zero-order chi connectivity index (χ0) is 23.5. The van der Waals surface area contributed by atoms with Gasteiger partial charge in [-0.3, -0.25) is 14.8 Å². The van der Waals surface area contributed by atoms with E-state index < -0.39 is 20.5 Å². The van der Waals surface area contributed by atoms with Crippen LogP contribution in [0, 0.1) is 11.8 Å². The highest BCUT2D eigenvalue weighted by atomic mass is 32.2. The van der Waals surface area contributed by atoms with Crippen LogP contribution in [0.4, 0.5) is 0 Å². The fourth-order valence-corrected chi connectivity index (χ4v) is 4.37. The molecule has 0 radical (unpaired) electrons. The van der Waals surface area contributed by atoms with Crippen LogP contribution < -0.4 is 11.0 Å². The molecule has 1 amide bonds. The maximum absolute atomic E-state index is 12.6. The Balaban J connectivity index is 1.71. The molecule has 1 aromatic carbocycles. The summed E-state index contributed by atoms with van der Waals surface area (Å²) in [5.41, 5.74) is 3.70. The molecule has 0 aliphatic heterocycles. The van der Waals surface area contributed by atoms with Gasteiger partial charge in [-0.25, -0.2) is 13.9 Å².